The van der Waals surface area contributed by atoms with Gasteiger partial charge < -0.3 is 15.8 Å². The number of amides is 1. The van der Waals surface area contributed by atoms with Crippen LogP contribution in [0.1, 0.15) is 42.4 Å². The lowest BCUT2D eigenvalue weighted by Crippen LogP contribution is -2.56. The number of rotatable bonds is 3. The lowest BCUT2D eigenvalue weighted by atomic mass is 9.78. The van der Waals surface area contributed by atoms with Gasteiger partial charge in [-0.3, -0.25) is 9.79 Å². The van der Waals surface area contributed by atoms with Crippen LogP contribution in [0.5, 0.6) is 0 Å². The number of alkyl halides is 2. The zero-order valence-electron chi connectivity index (χ0n) is 17.3. The molecular weight excluding hydrogens is 430 g/mol. The van der Waals surface area contributed by atoms with Crippen LogP contribution in [-0.2, 0) is 10.3 Å². The summed E-state index contributed by atoms with van der Waals surface area (Å²) in [5.41, 5.74) is -0.205. The van der Waals surface area contributed by atoms with Crippen LogP contribution in [0.15, 0.2) is 35.5 Å². The molecular formula is C21H19F4N5O2. The molecule has 1 aliphatic heterocycles. The second kappa shape index (κ2) is 7.87. The second-order valence-electron chi connectivity index (χ2n) is 7.86. The van der Waals surface area contributed by atoms with Gasteiger partial charge in [-0.25, -0.2) is 22.5 Å². The molecule has 0 radical (unpaired) electrons. The summed E-state index contributed by atoms with van der Waals surface area (Å²) in [4.78, 5) is 20.0. The number of pyridine rings is 1. The van der Waals surface area contributed by atoms with E-state index in [0.29, 0.717) is 6.07 Å². The molecule has 11 heteroatoms. The van der Waals surface area contributed by atoms with Gasteiger partial charge in [0, 0.05) is 17.8 Å². The normalized spacial score (nSPS) is 21.8. The number of nitrogens with zero attached hydrogens (tertiary/aromatic N) is 3. The fourth-order valence-corrected chi connectivity index (χ4v) is 3.35. The van der Waals surface area contributed by atoms with Crippen molar-refractivity contribution in [2.24, 2.45) is 10.7 Å². The van der Waals surface area contributed by atoms with Crippen molar-refractivity contribution < 1.29 is 27.1 Å². The number of aliphatic imine (C=N–C) groups is 1. The van der Waals surface area contributed by atoms with Gasteiger partial charge >= 0.3 is 5.92 Å². The third-order valence-electron chi connectivity index (χ3n) is 5.27. The Balaban J connectivity index is 2.08. The van der Waals surface area contributed by atoms with Crippen molar-refractivity contribution in [1.82, 2.24) is 4.98 Å². The molecule has 1 aromatic carbocycles. The van der Waals surface area contributed by atoms with Crippen molar-refractivity contribution in [2.45, 2.75) is 37.8 Å². The van der Waals surface area contributed by atoms with Crippen LogP contribution >= 0.6 is 0 Å². The summed E-state index contributed by atoms with van der Waals surface area (Å²) >= 11 is 0. The predicted molar refractivity (Wildman–Crippen MR) is 107 cm³/mol. The number of halogens is 4. The molecule has 3 N–H and O–H groups in total. The highest BCUT2D eigenvalue weighted by Gasteiger charge is 2.64. The summed E-state index contributed by atoms with van der Waals surface area (Å²) in [5.74, 6) is -7.46. The molecule has 1 amide bonds. The number of nitriles is 1. The molecule has 1 unspecified atom stereocenters. The van der Waals surface area contributed by atoms with Crippen LogP contribution in [0.4, 0.5) is 23.2 Å². The minimum Gasteiger partial charge on any atom is -0.385 e. The summed E-state index contributed by atoms with van der Waals surface area (Å²) in [6, 6.07) is 5.50. The van der Waals surface area contributed by atoms with Crippen molar-refractivity contribution in [3.05, 3.63) is 58.9 Å². The highest BCUT2D eigenvalue weighted by Crippen LogP contribution is 2.51. The molecule has 32 heavy (non-hydrogen) atoms. The number of hydrogen-bond donors (Lipinski definition) is 2. The monoisotopic (exact) mass is 449 g/mol. The van der Waals surface area contributed by atoms with E-state index in [1.165, 1.54) is 12.1 Å². The molecule has 1 aliphatic rings. The maximum atomic E-state index is 15.5. The number of carbonyl (C=O) groups is 1. The fraction of sp³-hybridized carbons (Fsp3) is 0.333. The Labute approximate surface area is 180 Å². The van der Waals surface area contributed by atoms with Crippen molar-refractivity contribution in [1.29, 1.82) is 5.26 Å². The first-order valence-electron chi connectivity index (χ1n) is 9.35. The van der Waals surface area contributed by atoms with Crippen molar-refractivity contribution in [3.63, 3.8) is 0 Å². The fourth-order valence-electron chi connectivity index (χ4n) is 3.35. The average molecular weight is 449 g/mol. The Bertz CT molecular complexity index is 1140. The molecule has 0 saturated carbocycles. The van der Waals surface area contributed by atoms with Crippen LogP contribution < -0.4 is 11.1 Å². The summed E-state index contributed by atoms with van der Waals surface area (Å²) in [7, 11) is 0. The summed E-state index contributed by atoms with van der Waals surface area (Å²) in [5, 5.41) is 11.0. The number of nitrogens with two attached hydrogens (primary N) is 1. The molecule has 0 saturated heterocycles. The maximum Gasteiger partial charge on any atom is 0.304 e. The van der Waals surface area contributed by atoms with E-state index in [0.717, 1.165) is 33.0 Å². The van der Waals surface area contributed by atoms with Crippen molar-refractivity contribution >= 4 is 17.4 Å². The van der Waals surface area contributed by atoms with E-state index in [1.807, 2.05) is 6.07 Å². The zero-order chi connectivity index (χ0) is 23.9. The quantitative estimate of drug-likeness (QED) is 0.697. The van der Waals surface area contributed by atoms with Gasteiger partial charge in [0.1, 0.15) is 41.4 Å². The smallest absolute Gasteiger partial charge is 0.304 e. The summed E-state index contributed by atoms with van der Waals surface area (Å²) < 4.78 is 65.4. The first-order chi connectivity index (χ1) is 14.8. The van der Waals surface area contributed by atoms with Gasteiger partial charge in [-0.15, -0.1) is 0 Å². The molecule has 7 nitrogen and oxygen atoms in total. The Morgan fingerprint density at radius 3 is 2.50 bits per heavy atom. The van der Waals surface area contributed by atoms with Gasteiger partial charge in [-0.1, -0.05) is 0 Å². The number of ether oxygens (including phenoxy) is 1. The van der Waals surface area contributed by atoms with E-state index in [2.05, 4.69) is 15.3 Å². The van der Waals surface area contributed by atoms with Crippen LogP contribution in [0.25, 0.3) is 0 Å². The minimum absolute atomic E-state index is 0.169. The largest absolute Gasteiger partial charge is 0.385 e. The average Bonchev–Trinajstić information content (AvgIpc) is 2.79. The van der Waals surface area contributed by atoms with E-state index < -0.39 is 52.5 Å². The molecule has 1 atom stereocenters. The molecule has 0 spiro atoms. The molecule has 0 aliphatic carbocycles. The molecule has 2 aromatic rings. The molecule has 2 heterocycles. The lowest BCUT2D eigenvalue weighted by Gasteiger charge is -2.42. The first-order valence-corrected chi connectivity index (χ1v) is 9.35. The molecule has 3 rings (SSSR count). The highest BCUT2D eigenvalue weighted by atomic mass is 19.3. The lowest BCUT2D eigenvalue weighted by molar-refractivity contribution is -0.214. The summed E-state index contributed by atoms with van der Waals surface area (Å²) in [6.07, 6.45) is 1.13. The summed E-state index contributed by atoms with van der Waals surface area (Å²) in [6.45, 7) is 2.77. The van der Waals surface area contributed by atoms with Crippen LogP contribution in [-0.4, -0.2) is 34.9 Å². The van der Waals surface area contributed by atoms with Gasteiger partial charge in [0.05, 0.1) is 11.3 Å². The number of aromatic nitrogens is 1. The van der Waals surface area contributed by atoms with Gasteiger partial charge in [0.2, 0.25) is 0 Å². The molecule has 1 aromatic heterocycles. The van der Waals surface area contributed by atoms with Crippen LogP contribution in [0.2, 0.25) is 0 Å². The van der Waals surface area contributed by atoms with Crippen LogP contribution in [0.3, 0.4) is 0 Å². The first kappa shape index (κ1) is 23.1. The third kappa shape index (κ3) is 3.78. The topological polar surface area (TPSA) is 113 Å². The molecule has 0 bridgehead atoms. The van der Waals surface area contributed by atoms with Crippen molar-refractivity contribution in [2.75, 3.05) is 11.9 Å². The Morgan fingerprint density at radius 2 is 1.91 bits per heavy atom. The zero-order valence-corrected chi connectivity index (χ0v) is 17.3. The van der Waals surface area contributed by atoms with E-state index in [-0.39, 0.29) is 17.1 Å². The predicted octanol–water partition coefficient (Wildman–Crippen LogP) is 3.50. The number of anilines is 1. The molecule has 0 fully saturated rings. The van der Waals surface area contributed by atoms with E-state index >= 15 is 8.78 Å². The Kier molecular flexibility index (Phi) is 5.69. The number of amidine groups is 1. The SMILES string of the molecule is CC1(C)OCC(N)=NC(C)(c2cc(NC(=O)c3ccc(C#N)cn3)c(F)cc2F)C1(F)F. The maximum absolute atomic E-state index is 15.5. The Hall–Kier alpha value is -3.52. The highest BCUT2D eigenvalue weighted by molar-refractivity contribution is 6.03. The van der Waals surface area contributed by atoms with Gasteiger partial charge in [0.25, 0.3) is 5.91 Å². The van der Waals surface area contributed by atoms with Gasteiger partial charge in [-0.2, -0.15) is 5.26 Å². The van der Waals surface area contributed by atoms with E-state index in [4.69, 9.17) is 15.7 Å². The van der Waals surface area contributed by atoms with Crippen LogP contribution in [0, 0.1) is 23.0 Å². The van der Waals surface area contributed by atoms with E-state index in [9.17, 15) is 13.6 Å². The minimum atomic E-state index is -3.78. The number of benzene rings is 1. The van der Waals surface area contributed by atoms with Gasteiger partial charge in [0.15, 0.2) is 5.54 Å². The van der Waals surface area contributed by atoms with Gasteiger partial charge in [-0.05, 0) is 39.0 Å². The number of carbonyl (C=O) groups excluding carboxylic acids is 1. The number of hydrogen-bond acceptors (Lipinski definition) is 6. The van der Waals surface area contributed by atoms with E-state index in [1.54, 1.807) is 0 Å². The molecule has 168 valence electrons. The Morgan fingerprint density at radius 1 is 1.22 bits per heavy atom. The second-order valence-corrected chi connectivity index (χ2v) is 7.86. The number of nitrogens with one attached hydrogen (secondary N) is 1. The standard InChI is InChI=1S/C21H19F4N5O2/c1-19(2)21(24,25)20(3,30-17(27)10-32-19)12-6-16(14(23)7-13(12)22)29-18(31)15-5-4-11(8-26)9-28-15/h4-7,9H,10H2,1-3H3,(H2,27,30)(H,29,31). The van der Waals surface area contributed by atoms with Crippen molar-refractivity contribution in [3.8, 4) is 6.07 Å². The third-order valence-corrected chi connectivity index (χ3v) is 5.27.